The predicted octanol–water partition coefficient (Wildman–Crippen LogP) is 3.75. The lowest BCUT2D eigenvalue weighted by molar-refractivity contribution is 0.876. The molecule has 0 spiro atoms. The SMILES string of the molecule is Cn1c(=O)c2c(c3ccccc31)Nc1ccccc1S2. The largest absolute Gasteiger partial charge is 0.353 e. The minimum absolute atomic E-state index is 0.0469. The van der Waals surface area contributed by atoms with E-state index in [2.05, 4.69) is 11.4 Å². The number of nitrogens with one attached hydrogen (secondary N) is 1. The highest BCUT2D eigenvalue weighted by molar-refractivity contribution is 7.99. The van der Waals surface area contributed by atoms with Crippen LogP contribution >= 0.6 is 11.8 Å². The maximum Gasteiger partial charge on any atom is 0.266 e. The monoisotopic (exact) mass is 280 g/mol. The van der Waals surface area contributed by atoms with E-state index in [1.165, 1.54) is 0 Å². The standard InChI is InChI=1S/C16H12N2OS/c1-18-12-8-4-2-6-10(12)14-15(16(18)19)20-13-9-5-3-7-11(13)17-14/h2-9,17H,1H3. The molecule has 1 aromatic heterocycles. The van der Waals surface area contributed by atoms with Crippen molar-refractivity contribution < 1.29 is 0 Å². The van der Waals surface area contributed by atoms with Gasteiger partial charge < -0.3 is 9.88 Å². The predicted molar refractivity (Wildman–Crippen MR) is 83.0 cm³/mol. The van der Waals surface area contributed by atoms with E-state index in [0.717, 1.165) is 32.1 Å². The van der Waals surface area contributed by atoms with Crippen LogP contribution in [0.15, 0.2) is 63.1 Å². The van der Waals surface area contributed by atoms with Crippen LogP contribution in [0.2, 0.25) is 0 Å². The molecule has 2 heterocycles. The third kappa shape index (κ3) is 1.51. The van der Waals surface area contributed by atoms with Gasteiger partial charge in [-0.2, -0.15) is 0 Å². The molecular formula is C16H12N2OS. The van der Waals surface area contributed by atoms with Crippen molar-refractivity contribution in [1.29, 1.82) is 0 Å². The van der Waals surface area contributed by atoms with Crippen molar-refractivity contribution in [2.75, 3.05) is 5.32 Å². The van der Waals surface area contributed by atoms with Gasteiger partial charge in [0.15, 0.2) is 0 Å². The molecule has 0 saturated heterocycles. The van der Waals surface area contributed by atoms with Gasteiger partial charge in [-0.3, -0.25) is 4.79 Å². The Morgan fingerprint density at radius 2 is 1.80 bits per heavy atom. The summed E-state index contributed by atoms with van der Waals surface area (Å²) in [5.74, 6) is 0. The van der Waals surface area contributed by atoms with Gasteiger partial charge in [0.05, 0.1) is 16.9 Å². The van der Waals surface area contributed by atoms with E-state index in [4.69, 9.17) is 0 Å². The number of nitrogens with zero attached hydrogens (tertiary/aromatic N) is 1. The second-order valence-corrected chi connectivity index (χ2v) is 5.86. The fraction of sp³-hybridized carbons (Fsp3) is 0.0625. The zero-order chi connectivity index (χ0) is 13.7. The summed E-state index contributed by atoms with van der Waals surface area (Å²) in [7, 11) is 1.83. The van der Waals surface area contributed by atoms with Crippen molar-refractivity contribution in [3.63, 3.8) is 0 Å². The summed E-state index contributed by atoms with van der Waals surface area (Å²) in [5, 5.41) is 4.49. The number of anilines is 2. The van der Waals surface area contributed by atoms with Crippen LogP contribution < -0.4 is 10.9 Å². The van der Waals surface area contributed by atoms with E-state index >= 15 is 0 Å². The first-order valence-corrected chi connectivity index (χ1v) is 7.23. The Morgan fingerprint density at radius 3 is 2.70 bits per heavy atom. The molecule has 3 nitrogen and oxygen atoms in total. The van der Waals surface area contributed by atoms with Gasteiger partial charge >= 0.3 is 0 Å². The molecule has 0 unspecified atom stereocenters. The number of hydrogen-bond acceptors (Lipinski definition) is 3. The average Bonchev–Trinajstić information content (AvgIpc) is 2.51. The van der Waals surface area contributed by atoms with Crippen LogP contribution in [0.5, 0.6) is 0 Å². The topological polar surface area (TPSA) is 34.0 Å². The first-order chi connectivity index (χ1) is 9.75. The Morgan fingerprint density at radius 1 is 1.05 bits per heavy atom. The van der Waals surface area contributed by atoms with Gasteiger partial charge in [0.25, 0.3) is 5.56 Å². The molecule has 0 bridgehead atoms. The molecule has 0 saturated carbocycles. The average molecular weight is 280 g/mol. The second-order valence-electron chi connectivity index (χ2n) is 4.81. The number of aromatic nitrogens is 1. The maximum absolute atomic E-state index is 12.5. The molecule has 20 heavy (non-hydrogen) atoms. The van der Waals surface area contributed by atoms with Gasteiger partial charge in [0, 0.05) is 17.3 Å². The lowest BCUT2D eigenvalue weighted by Crippen LogP contribution is -2.21. The second kappa shape index (κ2) is 4.15. The van der Waals surface area contributed by atoms with Crippen LogP contribution in [0.25, 0.3) is 10.9 Å². The first-order valence-electron chi connectivity index (χ1n) is 6.41. The maximum atomic E-state index is 12.5. The first kappa shape index (κ1) is 11.6. The van der Waals surface area contributed by atoms with Crippen LogP contribution in [0, 0.1) is 0 Å². The van der Waals surface area contributed by atoms with Crippen LogP contribution in [-0.2, 0) is 7.05 Å². The number of benzene rings is 2. The molecule has 1 aliphatic heterocycles. The minimum Gasteiger partial charge on any atom is -0.353 e. The molecule has 0 atom stereocenters. The molecule has 2 aromatic carbocycles. The lowest BCUT2D eigenvalue weighted by Gasteiger charge is -2.22. The highest BCUT2D eigenvalue weighted by Gasteiger charge is 2.21. The van der Waals surface area contributed by atoms with E-state index in [9.17, 15) is 4.79 Å². The van der Waals surface area contributed by atoms with E-state index in [1.807, 2.05) is 49.5 Å². The molecule has 0 radical (unpaired) electrons. The molecule has 1 N–H and O–H groups in total. The fourth-order valence-electron chi connectivity index (χ4n) is 2.59. The van der Waals surface area contributed by atoms with Gasteiger partial charge in [-0.1, -0.05) is 42.1 Å². The summed E-state index contributed by atoms with van der Waals surface area (Å²) >= 11 is 1.54. The highest BCUT2D eigenvalue weighted by atomic mass is 32.2. The minimum atomic E-state index is 0.0469. The smallest absolute Gasteiger partial charge is 0.266 e. The van der Waals surface area contributed by atoms with Crippen molar-refractivity contribution in [3.05, 3.63) is 58.9 Å². The zero-order valence-electron chi connectivity index (χ0n) is 10.9. The Hall–Kier alpha value is -2.20. The molecule has 3 aromatic rings. The van der Waals surface area contributed by atoms with E-state index < -0.39 is 0 Å². The number of pyridine rings is 1. The van der Waals surface area contributed by atoms with Gasteiger partial charge in [-0.15, -0.1) is 0 Å². The van der Waals surface area contributed by atoms with Crippen molar-refractivity contribution in [2.45, 2.75) is 9.79 Å². The van der Waals surface area contributed by atoms with Gasteiger partial charge in [-0.25, -0.2) is 0 Å². The lowest BCUT2D eigenvalue weighted by atomic mass is 10.1. The van der Waals surface area contributed by atoms with Crippen molar-refractivity contribution in [2.24, 2.45) is 7.05 Å². The van der Waals surface area contributed by atoms with Crippen molar-refractivity contribution >= 4 is 34.0 Å². The Labute approximate surface area is 120 Å². The molecular weight excluding hydrogens is 268 g/mol. The molecule has 0 amide bonds. The van der Waals surface area contributed by atoms with Crippen LogP contribution in [-0.4, -0.2) is 4.57 Å². The molecule has 1 aliphatic rings. The third-order valence-corrected chi connectivity index (χ3v) is 4.78. The van der Waals surface area contributed by atoms with Gasteiger partial charge in [0.1, 0.15) is 4.90 Å². The summed E-state index contributed by atoms with van der Waals surface area (Å²) in [5.41, 5.74) is 2.98. The number of fused-ring (bicyclic) bond motifs is 4. The molecule has 4 heteroatoms. The number of hydrogen-bond donors (Lipinski definition) is 1. The number of para-hydroxylation sites is 2. The quantitative estimate of drug-likeness (QED) is 0.532. The summed E-state index contributed by atoms with van der Waals surface area (Å²) in [6, 6.07) is 16.0. The summed E-state index contributed by atoms with van der Waals surface area (Å²) in [4.78, 5) is 14.4. The van der Waals surface area contributed by atoms with Crippen LogP contribution in [0.3, 0.4) is 0 Å². The summed E-state index contributed by atoms with van der Waals surface area (Å²) < 4.78 is 1.72. The summed E-state index contributed by atoms with van der Waals surface area (Å²) in [6.07, 6.45) is 0. The van der Waals surface area contributed by atoms with Crippen molar-refractivity contribution in [3.8, 4) is 0 Å². The number of rotatable bonds is 0. The summed E-state index contributed by atoms with van der Waals surface area (Å²) in [6.45, 7) is 0. The Balaban J connectivity index is 2.09. The Kier molecular flexibility index (Phi) is 2.41. The fourth-order valence-corrected chi connectivity index (χ4v) is 3.67. The Bertz CT molecular complexity index is 899. The molecule has 98 valence electrons. The third-order valence-electron chi connectivity index (χ3n) is 3.62. The van der Waals surface area contributed by atoms with Crippen LogP contribution in [0.4, 0.5) is 11.4 Å². The zero-order valence-corrected chi connectivity index (χ0v) is 11.7. The number of aryl methyl sites for hydroxylation is 1. The molecule has 0 fully saturated rings. The highest BCUT2D eigenvalue weighted by Crippen LogP contribution is 2.44. The van der Waals surface area contributed by atoms with E-state index in [0.29, 0.717) is 0 Å². The molecule has 4 rings (SSSR count). The normalized spacial score (nSPS) is 12.7. The van der Waals surface area contributed by atoms with E-state index in [-0.39, 0.29) is 5.56 Å². The van der Waals surface area contributed by atoms with Gasteiger partial charge in [0.2, 0.25) is 0 Å². The van der Waals surface area contributed by atoms with Crippen LogP contribution in [0.1, 0.15) is 0 Å². The van der Waals surface area contributed by atoms with E-state index in [1.54, 1.807) is 16.3 Å². The van der Waals surface area contributed by atoms with Crippen molar-refractivity contribution in [1.82, 2.24) is 4.57 Å². The molecule has 0 aliphatic carbocycles. The van der Waals surface area contributed by atoms with Gasteiger partial charge in [-0.05, 0) is 18.2 Å².